The van der Waals surface area contributed by atoms with Crippen LogP contribution in [0.25, 0.3) is 0 Å². The Morgan fingerprint density at radius 1 is 1.14 bits per heavy atom. The molecule has 2 fully saturated rings. The summed E-state index contributed by atoms with van der Waals surface area (Å²) in [6.07, 6.45) is 3.86. The minimum absolute atomic E-state index is 0.000595. The highest BCUT2D eigenvalue weighted by atomic mass is 16.6. The molecule has 0 spiro atoms. The van der Waals surface area contributed by atoms with Crippen molar-refractivity contribution < 1.29 is 14.3 Å². The zero-order valence-corrected chi connectivity index (χ0v) is 18.8. The number of nitrogens with zero attached hydrogens (tertiary/aromatic N) is 4. The lowest BCUT2D eigenvalue weighted by Gasteiger charge is -2.34. The van der Waals surface area contributed by atoms with Crippen molar-refractivity contribution in [3.8, 4) is 0 Å². The standard InChI is InChI=1S/C21H39N5O3/c1-6-29-21(28)25-11-8-18(9-12-25)23-20(22-14-19(27)24(4)5)26-10-7-17(15-26)13-16(2)3/h16-18H,6-15H2,1-5H3,(H,22,23). The van der Waals surface area contributed by atoms with E-state index in [1.807, 2.05) is 6.92 Å². The van der Waals surface area contributed by atoms with Crippen LogP contribution in [0.2, 0.25) is 0 Å². The molecule has 0 aliphatic carbocycles. The summed E-state index contributed by atoms with van der Waals surface area (Å²) in [4.78, 5) is 34.3. The van der Waals surface area contributed by atoms with Crippen LogP contribution < -0.4 is 5.32 Å². The largest absolute Gasteiger partial charge is 0.450 e. The smallest absolute Gasteiger partial charge is 0.409 e. The maximum absolute atomic E-state index is 12.1. The zero-order chi connectivity index (χ0) is 21.4. The first-order chi connectivity index (χ1) is 13.8. The van der Waals surface area contributed by atoms with Crippen LogP contribution in [0.15, 0.2) is 4.99 Å². The maximum atomic E-state index is 12.1. The van der Waals surface area contributed by atoms with Gasteiger partial charge in [0, 0.05) is 46.3 Å². The van der Waals surface area contributed by atoms with Crippen molar-refractivity contribution in [3.63, 3.8) is 0 Å². The summed E-state index contributed by atoms with van der Waals surface area (Å²) >= 11 is 0. The number of amides is 2. The van der Waals surface area contributed by atoms with Crippen molar-refractivity contribution in [3.05, 3.63) is 0 Å². The van der Waals surface area contributed by atoms with Gasteiger partial charge in [0.15, 0.2) is 5.96 Å². The molecular weight excluding hydrogens is 370 g/mol. The van der Waals surface area contributed by atoms with Gasteiger partial charge in [-0.1, -0.05) is 13.8 Å². The fourth-order valence-corrected chi connectivity index (χ4v) is 4.01. The minimum atomic E-state index is -0.229. The molecule has 0 aromatic heterocycles. The van der Waals surface area contributed by atoms with E-state index in [4.69, 9.17) is 4.74 Å². The molecule has 0 bridgehead atoms. The van der Waals surface area contributed by atoms with Crippen molar-refractivity contribution in [2.24, 2.45) is 16.8 Å². The van der Waals surface area contributed by atoms with Crippen LogP contribution in [0, 0.1) is 11.8 Å². The number of carbonyl (C=O) groups is 2. The molecule has 0 saturated carbocycles. The molecule has 8 nitrogen and oxygen atoms in total. The number of hydrogen-bond acceptors (Lipinski definition) is 4. The molecule has 2 heterocycles. The maximum Gasteiger partial charge on any atom is 0.409 e. The zero-order valence-electron chi connectivity index (χ0n) is 18.8. The molecule has 1 atom stereocenters. The number of nitrogens with one attached hydrogen (secondary N) is 1. The monoisotopic (exact) mass is 409 g/mol. The first kappa shape index (κ1) is 23.3. The first-order valence-corrected chi connectivity index (χ1v) is 11.0. The fourth-order valence-electron chi connectivity index (χ4n) is 4.01. The first-order valence-electron chi connectivity index (χ1n) is 11.0. The predicted octanol–water partition coefficient (Wildman–Crippen LogP) is 2.01. The van der Waals surface area contributed by atoms with Crippen LogP contribution >= 0.6 is 0 Å². The van der Waals surface area contributed by atoms with Crippen LogP contribution in [0.1, 0.15) is 46.5 Å². The summed E-state index contributed by atoms with van der Waals surface area (Å²) in [6, 6.07) is 0.248. The average molecular weight is 410 g/mol. The molecule has 29 heavy (non-hydrogen) atoms. The third-order valence-electron chi connectivity index (χ3n) is 5.61. The molecule has 2 amide bonds. The van der Waals surface area contributed by atoms with Crippen LogP contribution in [-0.2, 0) is 9.53 Å². The Hall–Kier alpha value is -1.99. The molecule has 8 heteroatoms. The fraction of sp³-hybridized carbons (Fsp3) is 0.857. The van der Waals surface area contributed by atoms with Crippen molar-refractivity contribution in [1.82, 2.24) is 20.0 Å². The molecule has 0 radical (unpaired) electrons. The highest BCUT2D eigenvalue weighted by Crippen LogP contribution is 2.23. The van der Waals surface area contributed by atoms with Gasteiger partial charge < -0.3 is 24.8 Å². The highest BCUT2D eigenvalue weighted by molar-refractivity contribution is 5.85. The van der Waals surface area contributed by atoms with Crippen LogP contribution in [-0.4, -0.2) is 92.1 Å². The number of likely N-dealkylation sites (N-methyl/N-ethyl adjacent to an activating group) is 1. The lowest BCUT2D eigenvalue weighted by molar-refractivity contribution is -0.127. The summed E-state index contributed by atoms with van der Waals surface area (Å²) in [5, 5.41) is 3.58. The number of aliphatic imine (C=N–C) groups is 1. The molecule has 2 rings (SSSR count). The Balaban J connectivity index is 1.96. The lowest BCUT2D eigenvalue weighted by atomic mass is 9.97. The van der Waals surface area contributed by atoms with E-state index in [0.29, 0.717) is 31.5 Å². The van der Waals surface area contributed by atoms with Gasteiger partial charge in [-0.3, -0.25) is 4.79 Å². The van der Waals surface area contributed by atoms with Gasteiger partial charge in [0.1, 0.15) is 6.54 Å². The number of ether oxygens (including phenoxy) is 1. The Morgan fingerprint density at radius 3 is 2.38 bits per heavy atom. The number of likely N-dealkylation sites (tertiary alicyclic amines) is 2. The van der Waals surface area contributed by atoms with Crippen LogP contribution in [0.5, 0.6) is 0 Å². The van der Waals surface area contributed by atoms with Gasteiger partial charge >= 0.3 is 6.09 Å². The van der Waals surface area contributed by atoms with Gasteiger partial charge in [0.2, 0.25) is 5.91 Å². The van der Waals surface area contributed by atoms with Gasteiger partial charge in [-0.05, 0) is 44.4 Å². The second kappa shape index (κ2) is 11.3. The Bertz CT molecular complexity index is 571. The van der Waals surface area contributed by atoms with Crippen molar-refractivity contribution in [2.45, 2.75) is 52.5 Å². The lowest BCUT2D eigenvalue weighted by Crippen LogP contribution is -2.50. The molecule has 1 N–H and O–H groups in total. The third kappa shape index (κ3) is 7.40. The topological polar surface area (TPSA) is 77.5 Å². The Kier molecular flexibility index (Phi) is 9.04. The number of hydrogen-bond donors (Lipinski definition) is 1. The van der Waals surface area contributed by atoms with Crippen molar-refractivity contribution in [1.29, 1.82) is 0 Å². The molecule has 2 saturated heterocycles. The van der Waals surface area contributed by atoms with E-state index in [0.717, 1.165) is 31.9 Å². The predicted molar refractivity (Wildman–Crippen MR) is 115 cm³/mol. The van der Waals surface area contributed by atoms with E-state index in [2.05, 4.69) is 29.1 Å². The molecule has 0 aromatic carbocycles. The molecule has 1 unspecified atom stereocenters. The molecule has 2 aliphatic heterocycles. The SMILES string of the molecule is CCOC(=O)N1CCC(NC(=NCC(=O)N(C)C)N2CCC(CC(C)C)C2)CC1. The Morgan fingerprint density at radius 2 is 1.79 bits per heavy atom. The Labute approximate surface area is 175 Å². The third-order valence-corrected chi connectivity index (χ3v) is 5.61. The molecule has 0 aromatic rings. The van der Waals surface area contributed by atoms with E-state index in [9.17, 15) is 9.59 Å². The summed E-state index contributed by atoms with van der Waals surface area (Å²) in [7, 11) is 3.51. The van der Waals surface area contributed by atoms with Crippen molar-refractivity contribution >= 4 is 18.0 Å². The summed E-state index contributed by atoms with van der Waals surface area (Å²) in [5.41, 5.74) is 0. The summed E-state index contributed by atoms with van der Waals surface area (Å²) in [5.74, 6) is 2.20. The van der Waals surface area contributed by atoms with E-state index in [1.54, 1.807) is 23.9 Å². The van der Waals surface area contributed by atoms with Gasteiger partial charge in [-0.25, -0.2) is 9.79 Å². The van der Waals surface area contributed by atoms with Crippen LogP contribution in [0.4, 0.5) is 4.79 Å². The molecular formula is C21H39N5O3. The number of guanidine groups is 1. The second-order valence-electron chi connectivity index (χ2n) is 8.76. The average Bonchev–Trinajstić information content (AvgIpc) is 3.13. The quantitative estimate of drug-likeness (QED) is 0.536. The molecule has 166 valence electrons. The normalized spacial score (nSPS) is 20.9. The van der Waals surface area contributed by atoms with Gasteiger partial charge in [-0.15, -0.1) is 0 Å². The summed E-state index contributed by atoms with van der Waals surface area (Å²) < 4.78 is 5.10. The van der Waals surface area contributed by atoms with E-state index < -0.39 is 0 Å². The van der Waals surface area contributed by atoms with Gasteiger partial charge in [0.25, 0.3) is 0 Å². The highest BCUT2D eigenvalue weighted by Gasteiger charge is 2.29. The number of piperidine rings is 1. The van der Waals surface area contributed by atoms with Gasteiger partial charge in [-0.2, -0.15) is 0 Å². The van der Waals surface area contributed by atoms with Gasteiger partial charge in [0.05, 0.1) is 6.61 Å². The van der Waals surface area contributed by atoms with E-state index >= 15 is 0 Å². The van der Waals surface area contributed by atoms with E-state index in [1.165, 1.54) is 12.8 Å². The minimum Gasteiger partial charge on any atom is -0.450 e. The van der Waals surface area contributed by atoms with E-state index in [-0.39, 0.29) is 24.6 Å². The second-order valence-corrected chi connectivity index (χ2v) is 8.76. The van der Waals surface area contributed by atoms with Crippen molar-refractivity contribution in [2.75, 3.05) is 53.4 Å². The summed E-state index contributed by atoms with van der Waals surface area (Å²) in [6.45, 7) is 10.2. The number of rotatable bonds is 6. The number of carbonyl (C=O) groups excluding carboxylic acids is 2. The van der Waals surface area contributed by atoms with Crippen LogP contribution in [0.3, 0.4) is 0 Å². The molecule has 2 aliphatic rings.